The fourth-order valence-corrected chi connectivity index (χ4v) is 2.60. The molecule has 7 heteroatoms. The lowest BCUT2D eigenvalue weighted by Gasteiger charge is -2.11. The molecular formula is C17H23BrFN5. The Kier molecular flexibility index (Phi) is 7.24. The molecule has 0 aliphatic carbocycles. The summed E-state index contributed by atoms with van der Waals surface area (Å²) in [5.41, 5.74) is 1.78. The molecule has 24 heavy (non-hydrogen) atoms. The average molecular weight is 396 g/mol. The summed E-state index contributed by atoms with van der Waals surface area (Å²) >= 11 is 3.27. The first-order valence-corrected chi connectivity index (χ1v) is 8.82. The Morgan fingerprint density at radius 3 is 2.83 bits per heavy atom. The third kappa shape index (κ3) is 5.63. The molecule has 2 N–H and O–H groups in total. The highest BCUT2D eigenvalue weighted by Gasteiger charge is 2.04. The van der Waals surface area contributed by atoms with Crippen LogP contribution < -0.4 is 10.6 Å². The highest BCUT2D eigenvalue weighted by atomic mass is 79.9. The molecule has 1 aromatic carbocycles. The van der Waals surface area contributed by atoms with Crippen LogP contribution in [-0.4, -0.2) is 28.8 Å². The Morgan fingerprint density at radius 2 is 2.17 bits per heavy atom. The summed E-state index contributed by atoms with van der Waals surface area (Å²) in [6.45, 7) is 4.11. The number of benzene rings is 1. The summed E-state index contributed by atoms with van der Waals surface area (Å²) in [7, 11) is 1.90. The fraction of sp³-hybridized carbons (Fsp3) is 0.412. The van der Waals surface area contributed by atoms with Gasteiger partial charge in [-0.15, -0.1) is 0 Å². The van der Waals surface area contributed by atoms with Gasteiger partial charge in [0.05, 0.1) is 12.2 Å². The number of aliphatic imine (C=N–C) groups is 1. The van der Waals surface area contributed by atoms with Crippen molar-refractivity contribution in [3.63, 3.8) is 0 Å². The lowest BCUT2D eigenvalue weighted by Crippen LogP contribution is -2.37. The van der Waals surface area contributed by atoms with Crippen molar-refractivity contribution in [3.05, 3.63) is 52.0 Å². The fourth-order valence-electron chi connectivity index (χ4n) is 2.27. The SMILES string of the molecule is CCNC(=NCc1ccnn1C)NCCCc1ccc(Br)cc1F. The largest absolute Gasteiger partial charge is 0.357 e. The highest BCUT2D eigenvalue weighted by molar-refractivity contribution is 9.10. The van der Waals surface area contributed by atoms with Crippen LogP contribution in [0.4, 0.5) is 4.39 Å². The quantitative estimate of drug-likeness (QED) is 0.430. The van der Waals surface area contributed by atoms with Crippen LogP contribution in [-0.2, 0) is 20.0 Å². The van der Waals surface area contributed by atoms with Crippen molar-refractivity contribution in [1.82, 2.24) is 20.4 Å². The van der Waals surface area contributed by atoms with Gasteiger partial charge < -0.3 is 10.6 Å². The standard InChI is InChI=1S/C17H23BrFN5/c1-3-20-17(22-12-15-8-10-23-24(15)2)21-9-4-5-13-6-7-14(18)11-16(13)19/h6-8,10-11H,3-5,9,12H2,1-2H3,(H2,20,21,22). The molecule has 0 unspecified atom stereocenters. The maximum absolute atomic E-state index is 13.8. The summed E-state index contributed by atoms with van der Waals surface area (Å²) in [6.07, 6.45) is 3.28. The molecule has 2 rings (SSSR count). The molecule has 1 aromatic heterocycles. The lowest BCUT2D eigenvalue weighted by molar-refractivity contribution is 0.601. The predicted octanol–water partition coefficient (Wildman–Crippen LogP) is 3.01. The first-order chi connectivity index (χ1) is 11.6. The smallest absolute Gasteiger partial charge is 0.191 e. The summed E-state index contributed by atoms with van der Waals surface area (Å²) in [5, 5.41) is 10.6. The Bertz CT molecular complexity index is 683. The van der Waals surface area contributed by atoms with Gasteiger partial charge >= 0.3 is 0 Å². The Labute approximate surface area is 150 Å². The number of aryl methyl sites for hydroxylation is 2. The van der Waals surface area contributed by atoms with Gasteiger partial charge in [0.15, 0.2) is 5.96 Å². The number of guanidine groups is 1. The third-order valence-corrected chi connectivity index (χ3v) is 4.09. The molecule has 0 aliphatic heterocycles. The van der Waals surface area contributed by atoms with E-state index < -0.39 is 0 Å². The van der Waals surface area contributed by atoms with Gasteiger partial charge in [0.25, 0.3) is 0 Å². The van der Waals surface area contributed by atoms with Crippen molar-refractivity contribution in [2.45, 2.75) is 26.3 Å². The Morgan fingerprint density at radius 1 is 1.33 bits per heavy atom. The van der Waals surface area contributed by atoms with E-state index >= 15 is 0 Å². The van der Waals surface area contributed by atoms with E-state index in [0.29, 0.717) is 13.0 Å². The van der Waals surface area contributed by atoms with Crippen molar-refractivity contribution in [3.8, 4) is 0 Å². The van der Waals surface area contributed by atoms with E-state index in [0.717, 1.165) is 41.2 Å². The molecular weight excluding hydrogens is 373 g/mol. The first kappa shape index (κ1) is 18.4. The molecule has 0 bridgehead atoms. The number of hydrogen-bond donors (Lipinski definition) is 2. The van der Waals surface area contributed by atoms with Crippen LogP contribution in [0.1, 0.15) is 24.6 Å². The van der Waals surface area contributed by atoms with E-state index in [1.165, 1.54) is 6.07 Å². The van der Waals surface area contributed by atoms with Gasteiger partial charge in [0.1, 0.15) is 5.82 Å². The van der Waals surface area contributed by atoms with E-state index in [-0.39, 0.29) is 5.82 Å². The monoisotopic (exact) mass is 395 g/mol. The van der Waals surface area contributed by atoms with Crippen molar-refractivity contribution in [2.75, 3.05) is 13.1 Å². The Hall–Kier alpha value is -1.89. The zero-order chi connectivity index (χ0) is 17.4. The maximum atomic E-state index is 13.8. The van der Waals surface area contributed by atoms with Gasteiger partial charge in [-0.2, -0.15) is 5.10 Å². The maximum Gasteiger partial charge on any atom is 0.191 e. The minimum atomic E-state index is -0.166. The minimum Gasteiger partial charge on any atom is -0.357 e. The van der Waals surface area contributed by atoms with Gasteiger partial charge in [-0.3, -0.25) is 4.68 Å². The molecule has 0 saturated carbocycles. The van der Waals surface area contributed by atoms with E-state index in [2.05, 4.69) is 36.7 Å². The molecule has 130 valence electrons. The van der Waals surface area contributed by atoms with Crippen LogP contribution in [0.15, 0.2) is 39.9 Å². The second-order valence-electron chi connectivity index (χ2n) is 5.41. The van der Waals surface area contributed by atoms with Gasteiger partial charge in [-0.25, -0.2) is 9.38 Å². The van der Waals surface area contributed by atoms with Gasteiger partial charge in [-0.1, -0.05) is 22.0 Å². The molecule has 0 atom stereocenters. The summed E-state index contributed by atoms with van der Waals surface area (Å²) in [5.74, 6) is 0.594. The van der Waals surface area contributed by atoms with Crippen LogP contribution in [0.5, 0.6) is 0 Å². The van der Waals surface area contributed by atoms with E-state index in [4.69, 9.17) is 0 Å². The molecule has 0 aliphatic rings. The summed E-state index contributed by atoms with van der Waals surface area (Å²) in [6, 6.07) is 7.14. The average Bonchev–Trinajstić information content (AvgIpc) is 2.96. The summed E-state index contributed by atoms with van der Waals surface area (Å²) < 4.78 is 16.3. The van der Waals surface area contributed by atoms with Crippen LogP contribution in [0.2, 0.25) is 0 Å². The molecule has 0 fully saturated rings. The molecule has 5 nitrogen and oxygen atoms in total. The summed E-state index contributed by atoms with van der Waals surface area (Å²) in [4.78, 5) is 4.54. The molecule has 0 saturated heterocycles. The zero-order valence-corrected chi connectivity index (χ0v) is 15.6. The van der Waals surface area contributed by atoms with Gasteiger partial charge in [0, 0.05) is 30.8 Å². The lowest BCUT2D eigenvalue weighted by atomic mass is 10.1. The molecule has 2 aromatic rings. The van der Waals surface area contributed by atoms with E-state index in [1.54, 1.807) is 6.20 Å². The second kappa shape index (κ2) is 9.42. The molecule has 0 spiro atoms. The van der Waals surface area contributed by atoms with Crippen LogP contribution in [0, 0.1) is 5.82 Å². The number of hydrogen-bond acceptors (Lipinski definition) is 2. The number of halogens is 2. The number of aromatic nitrogens is 2. The normalized spacial score (nSPS) is 11.6. The van der Waals surface area contributed by atoms with Crippen LogP contribution in [0.25, 0.3) is 0 Å². The third-order valence-electron chi connectivity index (χ3n) is 3.60. The predicted molar refractivity (Wildman–Crippen MR) is 98.4 cm³/mol. The number of nitrogens with zero attached hydrogens (tertiary/aromatic N) is 3. The molecule has 1 heterocycles. The molecule has 0 radical (unpaired) electrons. The van der Waals surface area contributed by atoms with Crippen molar-refractivity contribution < 1.29 is 4.39 Å². The van der Waals surface area contributed by atoms with Crippen molar-refractivity contribution >= 4 is 21.9 Å². The van der Waals surface area contributed by atoms with Crippen LogP contribution >= 0.6 is 15.9 Å². The van der Waals surface area contributed by atoms with Crippen molar-refractivity contribution in [2.24, 2.45) is 12.0 Å². The van der Waals surface area contributed by atoms with Crippen molar-refractivity contribution in [1.29, 1.82) is 0 Å². The second-order valence-corrected chi connectivity index (χ2v) is 6.32. The number of rotatable bonds is 7. The zero-order valence-electron chi connectivity index (χ0n) is 14.0. The Balaban J connectivity index is 1.81. The topological polar surface area (TPSA) is 54.2 Å². The number of nitrogens with one attached hydrogen (secondary N) is 2. The highest BCUT2D eigenvalue weighted by Crippen LogP contribution is 2.16. The van der Waals surface area contributed by atoms with Gasteiger partial charge in [0.2, 0.25) is 0 Å². The van der Waals surface area contributed by atoms with E-state index in [1.807, 2.05) is 36.9 Å². The molecule has 0 amide bonds. The van der Waals surface area contributed by atoms with Gasteiger partial charge in [-0.05, 0) is 43.5 Å². The minimum absolute atomic E-state index is 0.166. The van der Waals surface area contributed by atoms with E-state index in [9.17, 15) is 4.39 Å². The van der Waals surface area contributed by atoms with Crippen LogP contribution in [0.3, 0.4) is 0 Å². The first-order valence-electron chi connectivity index (χ1n) is 8.03.